The van der Waals surface area contributed by atoms with Crippen LogP contribution in [-0.2, 0) is 0 Å². The third-order valence-corrected chi connectivity index (χ3v) is 4.58. The van der Waals surface area contributed by atoms with E-state index in [0.717, 1.165) is 43.3 Å². The van der Waals surface area contributed by atoms with Gasteiger partial charge in [-0.2, -0.15) is 0 Å². The molecule has 2 unspecified atom stereocenters. The van der Waals surface area contributed by atoms with Gasteiger partial charge >= 0.3 is 0 Å². The molecular weight excluding hydrogens is 284 g/mol. The molecule has 1 aliphatic carbocycles. The lowest BCUT2D eigenvalue weighted by atomic mass is 9.90. The molecule has 1 saturated carbocycles. The van der Waals surface area contributed by atoms with E-state index in [-0.39, 0.29) is 0 Å². The SMILES string of the molecule is C/C=C\N/C(=N\Cl)N1CCC(C2CC2CCN)CC1.CC. The van der Waals surface area contributed by atoms with Crippen molar-refractivity contribution in [3.05, 3.63) is 12.3 Å². The van der Waals surface area contributed by atoms with Crippen LogP contribution in [0.3, 0.4) is 0 Å². The van der Waals surface area contributed by atoms with Crippen molar-refractivity contribution in [2.24, 2.45) is 28.0 Å². The lowest BCUT2D eigenvalue weighted by Gasteiger charge is -2.33. The summed E-state index contributed by atoms with van der Waals surface area (Å²) < 4.78 is 3.82. The van der Waals surface area contributed by atoms with Crippen LogP contribution >= 0.6 is 11.8 Å². The summed E-state index contributed by atoms with van der Waals surface area (Å²) in [4.78, 5) is 2.24. The minimum atomic E-state index is 0.771. The Labute approximate surface area is 134 Å². The van der Waals surface area contributed by atoms with Crippen LogP contribution in [-0.4, -0.2) is 30.5 Å². The first kappa shape index (κ1) is 18.3. The molecule has 1 heterocycles. The van der Waals surface area contributed by atoms with E-state index in [1.165, 1.54) is 25.7 Å². The Morgan fingerprint density at radius 1 is 1.38 bits per heavy atom. The van der Waals surface area contributed by atoms with Crippen LogP contribution in [0, 0.1) is 17.8 Å². The lowest BCUT2D eigenvalue weighted by molar-refractivity contribution is 0.235. The van der Waals surface area contributed by atoms with Gasteiger partial charge in [0.1, 0.15) is 0 Å². The van der Waals surface area contributed by atoms with Gasteiger partial charge in [0.05, 0.1) is 0 Å². The number of hydrogen-bond acceptors (Lipinski definition) is 2. The van der Waals surface area contributed by atoms with E-state index in [1.54, 1.807) is 0 Å². The highest BCUT2D eigenvalue weighted by molar-refractivity contribution is 6.19. The zero-order valence-electron chi connectivity index (χ0n) is 13.7. The molecule has 2 aliphatic rings. The number of likely N-dealkylation sites (tertiary alicyclic amines) is 1. The zero-order valence-corrected chi connectivity index (χ0v) is 14.4. The Morgan fingerprint density at radius 2 is 2.05 bits per heavy atom. The summed E-state index contributed by atoms with van der Waals surface area (Å²) in [5.41, 5.74) is 5.63. The monoisotopic (exact) mass is 314 g/mol. The second-order valence-electron chi connectivity index (χ2n) is 5.61. The molecule has 0 spiro atoms. The van der Waals surface area contributed by atoms with Gasteiger partial charge in [0.2, 0.25) is 5.96 Å². The van der Waals surface area contributed by atoms with E-state index in [4.69, 9.17) is 17.5 Å². The molecule has 2 atom stereocenters. The average molecular weight is 315 g/mol. The Hall–Kier alpha value is -0.740. The molecule has 0 bridgehead atoms. The molecule has 3 N–H and O–H groups in total. The molecule has 1 aliphatic heterocycles. The summed E-state index contributed by atoms with van der Waals surface area (Å²) in [7, 11) is 0. The number of guanidine groups is 1. The first-order chi connectivity index (χ1) is 10.3. The highest BCUT2D eigenvalue weighted by Gasteiger charge is 2.42. The normalized spacial score (nSPS) is 26.5. The van der Waals surface area contributed by atoms with Gasteiger partial charge in [-0.25, -0.2) is 0 Å². The summed E-state index contributed by atoms with van der Waals surface area (Å²) in [5, 5.41) is 3.12. The van der Waals surface area contributed by atoms with E-state index in [9.17, 15) is 0 Å². The van der Waals surface area contributed by atoms with Gasteiger partial charge in [-0.1, -0.05) is 19.9 Å². The summed E-state index contributed by atoms with van der Waals surface area (Å²) in [6.07, 6.45) is 8.91. The van der Waals surface area contributed by atoms with E-state index in [1.807, 2.05) is 33.0 Å². The minimum absolute atomic E-state index is 0.771. The number of piperidine rings is 1. The van der Waals surface area contributed by atoms with Gasteiger partial charge in [0, 0.05) is 24.9 Å². The maximum absolute atomic E-state index is 5.65. The Balaban J connectivity index is 0.00000106. The highest BCUT2D eigenvalue weighted by atomic mass is 35.5. The van der Waals surface area contributed by atoms with Crippen LogP contribution in [0.5, 0.6) is 0 Å². The van der Waals surface area contributed by atoms with Crippen LogP contribution in [0.1, 0.15) is 46.5 Å². The molecule has 2 rings (SSSR count). The van der Waals surface area contributed by atoms with Crippen LogP contribution in [0.2, 0.25) is 0 Å². The topological polar surface area (TPSA) is 53.7 Å². The maximum Gasteiger partial charge on any atom is 0.215 e. The number of rotatable bonds is 4. The molecule has 0 aromatic heterocycles. The minimum Gasteiger partial charge on any atom is -0.342 e. The fourth-order valence-electron chi connectivity index (χ4n) is 3.26. The van der Waals surface area contributed by atoms with Crippen LogP contribution < -0.4 is 11.1 Å². The molecule has 1 saturated heterocycles. The van der Waals surface area contributed by atoms with Crippen molar-refractivity contribution >= 4 is 17.7 Å². The van der Waals surface area contributed by atoms with Gasteiger partial charge in [-0.15, -0.1) is 4.51 Å². The summed E-state index contributed by atoms with van der Waals surface area (Å²) in [6.45, 7) is 8.91. The number of halogens is 1. The highest BCUT2D eigenvalue weighted by Crippen LogP contribution is 2.49. The van der Waals surface area contributed by atoms with Crippen molar-refractivity contribution in [1.82, 2.24) is 10.2 Å². The van der Waals surface area contributed by atoms with Gasteiger partial charge in [0.15, 0.2) is 0 Å². The molecular formula is C16H31ClN4. The second kappa shape index (κ2) is 10.1. The van der Waals surface area contributed by atoms with E-state index < -0.39 is 0 Å². The van der Waals surface area contributed by atoms with E-state index in [2.05, 4.69) is 14.7 Å². The molecule has 0 aromatic rings. The van der Waals surface area contributed by atoms with Crippen LogP contribution in [0.4, 0.5) is 0 Å². The molecule has 0 amide bonds. The van der Waals surface area contributed by atoms with Crippen LogP contribution in [0.25, 0.3) is 0 Å². The zero-order chi connectivity index (χ0) is 15.7. The van der Waals surface area contributed by atoms with Gasteiger partial charge in [-0.05, 0) is 63.1 Å². The van der Waals surface area contributed by atoms with Gasteiger partial charge < -0.3 is 16.0 Å². The van der Waals surface area contributed by atoms with Crippen LogP contribution in [0.15, 0.2) is 16.8 Å². The Bertz CT molecular complexity index is 335. The third kappa shape index (κ3) is 5.51. The fraction of sp³-hybridized carbons (Fsp3) is 0.812. The maximum atomic E-state index is 5.65. The van der Waals surface area contributed by atoms with Crippen molar-refractivity contribution in [2.45, 2.75) is 46.5 Å². The lowest BCUT2D eigenvalue weighted by Crippen LogP contribution is -2.44. The molecule has 2 fully saturated rings. The first-order valence-electron chi connectivity index (χ1n) is 8.31. The Morgan fingerprint density at radius 3 is 2.57 bits per heavy atom. The molecule has 122 valence electrons. The number of nitrogens with one attached hydrogen (secondary N) is 1. The molecule has 0 aromatic carbocycles. The molecule has 0 radical (unpaired) electrons. The van der Waals surface area contributed by atoms with Crippen molar-refractivity contribution in [1.29, 1.82) is 0 Å². The fourth-order valence-corrected chi connectivity index (χ4v) is 3.42. The quantitative estimate of drug-likeness (QED) is 0.618. The predicted molar refractivity (Wildman–Crippen MR) is 92.2 cm³/mol. The second-order valence-corrected chi connectivity index (χ2v) is 5.78. The summed E-state index contributed by atoms with van der Waals surface area (Å²) in [5.74, 6) is 3.49. The number of hydrogen-bond donors (Lipinski definition) is 2. The third-order valence-electron chi connectivity index (χ3n) is 4.42. The van der Waals surface area contributed by atoms with E-state index in [0.29, 0.717) is 0 Å². The first-order valence-corrected chi connectivity index (χ1v) is 8.65. The summed E-state index contributed by atoms with van der Waals surface area (Å²) >= 11 is 5.65. The van der Waals surface area contributed by atoms with Crippen molar-refractivity contribution < 1.29 is 0 Å². The number of allylic oxidation sites excluding steroid dienone is 1. The predicted octanol–water partition coefficient (Wildman–Crippen LogP) is 3.34. The molecule has 4 nitrogen and oxygen atoms in total. The molecule has 21 heavy (non-hydrogen) atoms. The number of nitrogens with two attached hydrogens (primary N) is 1. The standard InChI is InChI=1S/C14H25ClN4.C2H6/c1-2-7-17-14(18-15)19-8-4-11(5-9-19)13-10-12(13)3-6-16;1-2/h2,7,11-13H,3-6,8-10,16H2,1H3,(H,17,18);1-2H3/b7-2-;. The van der Waals surface area contributed by atoms with Crippen molar-refractivity contribution in [2.75, 3.05) is 19.6 Å². The molecule has 5 heteroatoms. The van der Waals surface area contributed by atoms with Gasteiger partial charge in [-0.3, -0.25) is 0 Å². The van der Waals surface area contributed by atoms with E-state index >= 15 is 0 Å². The van der Waals surface area contributed by atoms with Gasteiger partial charge in [0.25, 0.3) is 0 Å². The number of nitrogens with zero attached hydrogens (tertiary/aromatic N) is 2. The van der Waals surface area contributed by atoms with Crippen molar-refractivity contribution in [3.63, 3.8) is 0 Å². The largest absolute Gasteiger partial charge is 0.342 e. The summed E-state index contributed by atoms with van der Waals surface area (Å²) in [6, 6.07) is 0. The Kier molecular flexibility index (Phi) is 8.77. The van der Waals surface area contributed by atoms with Crippen molar-refractivity contribution in [3.8, 4) is 0 Å². The average Bonchev–Trinajstić information content (AvgIpc) is 3.30. The smallest absolute Gasteiger partial charge is 0.215 e.